The van der Waals surface area contributed by atoms with E-state index in [4.69, 9.17) is 11.6 Å². The number of rotatable bonds is 3. The molecule has 120 valence electrons. The second-order valence-corrected chi connectivity index (χ2v) is 7.88. The van der Waals surface area contributed by atoms with Crippen molar-refractivity contribution in [2.75, 3.05) is 18.6 Å². The molecular weight excluding hydrogens is 328 g/mol. The van der Waals surface area contributed by atoms with Crippen molar-refractivity contribution in [2.24, 2.45) is 0 Å². The second-order valence-electron chi connectivity index (χ2n) is 5.25. The van der Waals surface area contributed by atoms with Crippen molar-refractivity contribution in [1.82, 2.24) is 10.2 Å². The van der Waals surface area contributed by atoms with Crippen molar-refractivity contribution in [3.63, 3.8) is 0 Å². The molecule has 0 radical (unpaired) electrons. The summed E-state index contributed by atoms with van der Waals surface area (Å²) in [5, 5.41) is 3.01. The van der Waals surface area contributed by atoms with Crippen LogP contribution < -0.4 is 5.32 Å². The third-order valence-electron chi connectivity index (χ3n) is 3.67. The Morgan fingerprint density at radius 3 is 2.64 bits per heavy atom. The van der Waals surface area contributed by atoms with Crippen molar-refractivity contribution in [2.45, 2.75) is 19.0 Å². The quantitative estimate of drug-likeness (QED) is 0.814. The molecule has 0 aliphatic carbocycles. The van der Waals surface area contributed by atoms with Crippen molar-refractivity contribution in [3.05, 3.63) is 34.9 Å². The van der Waals surface area contributed by atoms with Gasteiger partial charge in [0.2, 0.25) is 0 Å². The van der Waals surface area contributed by atoms with Crippen LogP contribution in [0.25, 0.3) is 0 Å². The van der Waals surface area contributed by atoms with Crippen LogP contribution in [0.5, 0.6) is 0 Å². The molecule has 2 rings (SSSR count). The number of nitrogens with one attached hydrogen (secondary N) is 1. The van der Waals surface area contributed by atoms with Gasteiger partial charge in [-0.05, 0) is 18.1 Å². The molecule has 1 aromatic rings. The van der Waals surface area contributed by atoms with Crippen LogP contribution >= 0.6 is 11.6 Å². The van der Waals surface area contributed by atoms with E-state index in [-0.39, 0.29) is 18.1 Å². The lowest BCUT2D eigenvalue weighted by Crippen LogP contribution is -2.46. The van der Waals surface area contributed by atoms with Gasteiger partial charge in [-0.1, -0.05) is 29.8 Å². The van der Waals surface area contributed by atoms with E-state index in [9.17, 15) is 18.0 Å². The minimum atomic E-state index is -3.10. The molecule has 0 bridgehead atoms. The summed E-state index contributed by atoms with van der Waals surface area (Å²) in [6.07, 6.45) is 0.363. The SMILES string of the molecule is CN(C(=O)C(=O)NCc1ccccc1Cl)C1CCS(=O)(=O)C1. The highest BCUT2D eigenvalue weighted by atomic mass is 35.5. The summed E-state index contributed by atoms with van der Waals surface area (Å²) in [7, 11) is -1.66. The Labute approximate surface area is 134 Å². The predicted molar refractivity (Wildman–Crippen MR) is 83.1 cm³/mol. The summed E-state index contributed by atoms with van der Waals surface area (Å²) in [6, 6.07) is 6.56. The van der Waals surface area contributed by atoms with E-state index in [1.807, 2.05) is 0 Å². The van der Waals surface area contributed by atoms with Gasteiger partial charge in [0.1, 0.15) is 0 Å². The lowest BCUT2D eigenvalue weighted by atomic mass is 10.2. The molecule has 8 heteroatoms. The number of benzene rings is 1. The number of hydrogen-bond donors (Lipinski definition) is 1. The molecule has 1 N–H and O–H groups in total. The smallest absolute Gasteiger partial charge is 0.311 e. The largest absolute Gasteiger partial charge is 0.344 e. The number of carbonyl (C=O) groups is 2. The molecule has 2 amide bonds. The third kappa shape index (κ3) is 3.98. The maximum Gasteiger partial charge on any atom is 0.311 e. The topological polar surface area (TPSA) is 83.6 Å². The van der Waals surface area contributed by atoms with E-state index in [0.29, 0.717) is 17.0 Å². The number of halogens is 1. The van der Waals surface area contributed by atoms with Gasteiger partial charge < -0.3 is 10.2 Å². The molecule has 1 saturated heterocycles. The van der Waals surface area contributed by atoms with Crippen LogP contribution in [0.2, 0.25) is 5.02 Å². The number of hydrogen-bond acceptors (Lipinski definition) is 4. The van der Waals surface area contributed by atoms with Crippen LogP contribution in [0.15, 0.2) is 24.3 Å². The van der Waals surface area contributed by atoms with Gasteiger partial charge in [-0.3, -0.25) is 9.59 Å². The fraction of sp³-hybridized carbons (Fsp3) is 0.429. The normalized spacial score (nSPS) is 19.6. The Morgan fingerprint density at radius 2 is 2.05 bits per heavy atom. The summed E-state index contributed by atoms with van der Waals surface area (Å²) >= 11 is 5.97. The zero-order valence-corrected chi connectivity index (χ0v) is 13.7. The molecule has 0 saturated carbocycles. The van der Waals surface area contributed by atoms with Gasteiger partial charge in [0.15, 0.2) is 9.84 Å². The fourth-order valence-electron chi connectivity index (χ4n) is 2.30. The van der Waals surface area contributed by atoms with E-state index < -0.39 is 27.7 Å². The Kier molecular flexibility index (Phi) is 5.08. The van der Waals surface area contributed by atoms with Crippen molar-refractivity contribution in [3.8, 4) is 0 Å². The second kappa shape index (κ2) is 6.66. The molecule has 1 unspecified atom stereocenters. The maximum absolute atomic E-state index is 12.0. The summed E-state index contributed by atoms with van der Waals surface area (Å²) in [6.45, 7) is 0.140. The van der Waals surface area contributed by atoms with E-state index in [0.717, 1.165) is 0 Å². The summed E-state index contributed by atoms with van der Waals surface area (Å²) in [5.41, 5.74) is 0.705. The molecule has 1 aromatic carbocycles. The van der Waals surface area contributed by atoms with Crippen LogP contribution in [-0.2, 0) is 26.0 Å². The Balaban J connectivity index is 1.92. The Bertz CT molecular complexity index is 690. The van der Waals surface area contributed by atoms with E-state index in [1.54, 1.807) is 24.3 Å². The Hall–Kier alpha value is -1.60. The standard InChI is InChI=1S/C14H17ClN2O4S/c1-17(11-6-7-22(20,21)9-11)14(19)13(18)16-8-10-4-2-3-5-12(10)15/h2-5,11H,6-9H2,1H3,(H,16,18). The van der Waals surface area contributed by atoms with Gasteiger partial charge in [0.25, 0.3) is 0 Å². The molecular formula is C14H17ClN2O4S. The first kappa shape index (κ1) is 16.8. The van der Waals surface area contributed by atoms with E-state index >= 15 is 0 Å². The average Bonchev–Trinajstić information content (AvgIpc) is 2.84. The minimum absolute atomic E-state index is 0.0521. The predicted octanol–water partition coefficient (Wildman–Crippen LogP) is 0.602. The lowest BCUT2D eigenvalue weighted by Gasteiger charge is -2.22. The zero-order chi connectivity index (χ0) is 16.3. The summed E-state index contributed by atoms with van der Waals surface area (Å²) in [4.78, 5) is 25.1. The molecule has 6 nitrogen and oxygen atoms in total. The molecule has 1 atom stereocenters. The van der Waals surface area contributed by atoms with Crippen LogP contribution in [-0.4, -0.2) is 49.7 Å². The molecule has 1 fully saturated rings. The molecule has 22 heavy (non-hydrogen) atoms. The number of amides is 2. The first-order valence-corrected chi connectivity index (χ1v) is 8.99. The highest BCUT2D eigenvalue weighted by Gasteiger charge is 2.34. The first-order chi connectivity index (χ1) is 10.3. The average molecular weight is 345 g/mol. The monoisotopic (exact) mass is 344 g/mol. The van der Waals surface area contributed by atoms with E-state index in [1.165, 1.54) is 11.9 Å². The fourth-order valence-corrected chi connectivity index (χ4v) is 4.28. The molecule has 1 heterocycles. The molecule has 0 spiro atoms. The van der Waals surface area contributed by atoms with Crippen LogP contribution in [0.1, 0.15) is 12.0 Å². The highest BCUT2D eigenvalue weighted by Crippen LogP contribution is 2.17. The van der Waals surface area contributed by atoms with Gasteiger partial charge in [0.05, 0.1) is 11.5 Å². The molecule has 0 aromatic heterocycles. The zero-order valence-electron chi connectivity index (χ0n) is 12.1. The summed E-state index contributed by atoms with van der Waals surface area (Å²) in [5.74, 6) is -1.55. The number of carbonyl (C=O) groups excluding carboxylic acids is 2. The number of likely N-dealkylation sites (N-methyl/N-ethyl adjacent to an activating group) is 1. The summed E-state index contributed by atoms with van der Waals surface area (Å²) < 4.78 is 22.9. The third-order valence-corrected chi connectivity index (χ3v) is 5.79. The minimum Gasteiger partial charge on any atom is -0.344 e. The van der Waals surface area contributed by atoms with Crippen molar-refractivity contribution in [1.29, 1.82) is 0 Å². The Morgan fingerprint density at radius 1 is 1.36 bits per heavy atom. The van der Waals surface area contributed by atoms with Crippen LogP contribution in [0.4, 0.5) is 0 Å². The molecule has 1 aliphatic heterocycles. The highest BCUT2D eigenvalue weighted by molar-refractivity contribution is 7.91. The van der Waals surface area contributed by atoms with Gasteiger partial charge in [-0.15, -0.1) is 0 Å². The van der Waals surface area contributed by atoms with E-state index in [2.05, 4.69) is 5.32 Å². The number of nitrogens with zero attached hydrogens (tertiary/aromatic N) is 1. The van der Waals surface area contributed by atoms with Gasteiger partial charge in [-0.2, -0.15) is 0 Å². The first-order valence-electron chi connectivity index (χ1n) is 6.79. The van der Waals surface area contributed by atoms with Crippen molar-refractivity contribution >= 4 is 33.3 Å². The van der Waals surface area contributed by atoms with Crippen molar-refractivity contribution < 1.29 is 18.0 Å². The van der Waals surface area contributed by atoms with Gasteiger partial charge >= 0.3 is 11.8 Å². The number of sulfone groups is 1. The van der Waals surface area contributed by atoms with Gasteiger partial charge in [-0.25, -0.2) is 8.42 Å². The maximum atomic E-state index is 12.0. The molecule has 1 aliphatic rings. The van der Waals surface area contributed by atoms with Gasteiger partial charge in [0, 0.05) is 24.7 Å². The lowest BCUT2D eigenvalue weighted by molar-refractivity contribution is -0.146. The van der Waals surface area contributed by atoms with Crippen LogP contribution in [0.3, 0.4) is 0 Å². The van der Waals surface area contributed by atoms with Crippen LogP contribution in [0, 0.1) is 0 Å².